The number of nitrogens with one attached hydrogen (secondary N) is 1. The summed E-state index contributed by atoms with van der Waals surface area (Å²) in [5.74, 6) is -4.63. The van der Waals surface area contributed by atoms with Crippen LogP contribution in [-0.4, -0.2) is 17.0 Å². The summed E-state index contributed by atoms with van der Waals surface area (Å²) in [5.41, 5.74) is -0.362. The molecule has 2 aromatic rings. The van der Waals surface area contributed by atoms with Crippen molar-refractivity contribution in [3.8, 4) is 0 Å². The van der Waals surface area contributed by atoms with Gasteiger partial charge in [-0.1, -0.05) is 18.6 Å². The zero-order valence-electron chi connectivity index (χ0n) is 14.3. The molecule has 0 bridgehead atoms. The van der Waals surface area contributed by atoms with Crippen LogP contribution in [0.25, 0.3) is 0 Å². The molecule has 1 atom stereocenters. The lowest BCUT2D eigenvalue weighted by Gasteiger charge is -2.34. The maximum absolute atomic E-state index is 13.8. The second-order valence-electron chi connectivity index (χ2n) is 6.69. The highest BCUT2D eigenvalue weighted by molar-refractivity contribution is 5.92. The number of carboxylic acid groups (broad SMARTS) is 1. The van der Waals surface area contributed by atoms with Crippen molar-refractivity contribution in [2.75, 3.05) is 0 Å². The lowest BCUT2D eigenvalue weighted by atomic mass is 9.77. The van der Waals surface area contributed by atoms with E-state index in [1.165, 1.54) is 12.1 Å². The third-order valence-electron chi connectivity index (χ3n) is 4.85. The van der Waals surface area contributed by atoms with Crippen molar-refractivity contribution in [3.05, 3.63) is 70.5 Å². The van der Waals surface area contributed by atoms with Crippen molar-refractivity contribution in [1.82, 2.24) is 5.32 Å². The zero-order valence-corrected chi connectivity index (χ0v) is 14.3. The molecule has 1 amide bonds. The molecule has 1 unspecified atom stereocenters. The Bertz CT molecular complexity index is 881. The number of benzene rings is 2. The Morgan fingerprint density at radius 2 is 1.85 bits per heavy atom. The molecule has 1 aliphatic rings. The molecule has 4 nitrogen and oxygen atoms in total. The molecule has 142 valence electrons. The van der Waals surface area contributed by atoms with E-state index in [1.54, 1.807) is 12.1 Å². The Labute approximate surface area is 154 Å². The predicted octanol–water partition coefficient (Wildman–Crippen LogP) is 4.00. The summed E-state index contributed by atoms with van der Waals surface area (Å²) in [6.07, 6.45) is 2.26. The Morgan fingerprint density at radius 1 is 1.11 bits per heavy atom. The van der Waals surface area contributed by atoms with Crippen LogP contribution in [0.1, 0.15) is 46.8 Å². The summed E-state index contributed by atoms with van der Waals surface area (Å²) in [7, 11) is 0. The molecule has 3 rings (SSSR count). The van der Waals surface area contributed by atoms with Gasteiger partial charge in [0, 0.05) is 6.07 Å². The average Bonchev–Trinajstić information content (AvgIpc) is 2.51. The third kappa shape index (κ3) is 4.30. The highest BCUT2D eigenvalue weighted by atomic mass is 19.1. The first-order valence-electron chi connectivity index (χ1n) is 8.61. The zero-order chi connectivity index (χ0) is 19.6. The number of carbonyl (C=O) groups is 2. The van der Waals surface area contributed by atoms with Crippen LogP contribution in [0.5, 0.6) is 0 Å². The Kier molecular flexibility index (Phi) is 5.48. The lowest BCUT2D eigenvalue weighted by molar-refractivity contribution is -0.121. The first-order valence-corrected chi connectivity index (χ1v) is 8.61. The molecule has 1 saturated carbocycles. The molecule has 0 spiro atoms. The van der Waals surface area contributed by atoms with E-state index < -0.39 is 47.4 Å². The summed E-state index contributed by atoms with van der Waals surface area (Å²) in [6.45, 7) is 0. The smallest absolute Gasteiger partial charge is 0.338 e. The van der Waals surface area contributed by atoms with Crippen LogP contribution in [0.3, 0.4) is 0 Å². The highest BCUT2D eigenvalue weighted by Gasteiger charge is 2.30. The minimum Gasteiger partial charge on any atom is -0.478 e. The van der Waals surface area contributed by atoms with E-state index in [4.69, 9.17) is 5.11 Å². The lowest BCUT2D eigenvalue weighted by Crippen LogP contribution is -2.37. The summed E-state index contributed by atoms with van der Waals surface area (Å²) >= 11 is 0. The van der Waals surface area contributed by atoms with Gasteiger partial charge in [0.25, 0.3) is 0 Å². The van der Waals surface area contributed by atoms with Gasteiger partial charge in [0.05, 0.1) is 18.0 Å². The molecule has 0 aromatic heterocycles. The van der Waals surface area contributed by atoms with E-state index >= 15 is 0 Å². The van der Waals surface area contributed by atoms with Gasteiger partial charge in [-0.25, -0.2) is 18.0 Å². The van der Waals surface area contributed by atoms with Gasteiger partial charge in [0.1, 0.15) is 17.5 Å². The van der Waals surface area contributed by atoms with Crippen molar-refractivity contribution in [2.24, 2.45) is 5.92 Å². The maximum Gasteiger partial charge on any atom is 0.338 e. The minimum absolute atomic E-state index is 0.138. The van der Waals surface area contributed by atoms with Crippen LogP contribution in [0.4, 0.5) is 13.2 Å². The number of carbonyl (C=O) groups excluding carboxylic acids is 1. The molecule has 7 heteroatoms. The summed E-state index contributed by atoms with van der Waals surface area (Å²) < 4.78 is 40.8. The van der Waals surface area contributed by atoms with Crippen molar-refractivity contribution in [3.63, 3.8) is 0 Å². The fourth-order valence-corrected chi connectivity index (χ4v) is 3.35. The number of aromatic carboxylic acids is 1. The van der Waals surface area contributed by atoms with Crippen molar-refractivity contribution in [1.29, 1.82) is 0 Å². The van der Waals surface area contributed by atoms with Crippen LogP contribution >= 0.6 is 0 Å². The second kappa shape index (κ2) is 7.82. The largest absolute Gasteiger partial charge is 0.478 e. The monoisotopic (exact) mass is 377 g/mol. The number of amides is 1. The predicted molar refractivity (Wildman–Crippen MR) is 91.6 cm³/mol. The molecule has 0 radical (unpaired) electrons. The molecular weight excluding hydrogens is 359 g/mol. The quantitative estimate of drug-likeness (QED) is 0.800. The number of hydrogen-bond acceptors (Lipinski definition) is 2. The van der Waals surface area contributed by atoms with E-state index in [-0.39, 0.29) is 11.5 Å². The molecule has 0 aliphatic heterocycles. The van der Waals surface area contributed by atoms with Crippen molar-refractivity contribution in [2.45, 2.75) is 31.7 Å². The van der Waals surface area contributed by atoms with Gasteiger partial charge in [0.2, 0.25) is 5.91 Å². The maximum atomic E-state index is 13.8. The van der Waals surface area contributed by atoms with Crippen molar-refractivity contribution >= 4 is 11.9 Å². The molecule has 2 N–H and O–H groups in total. The van der Waals surface area contributed by atoms with E-state index in [9.17, 15) is 22.8 Å². The number of hydrogen-bond donors (Lipinski definition) is 2. The van der Waals surface area contributed by atoms with Crippen LogP contribution in [0.2, 0.25) is 0 Å². The first-order chi connectivity index (χ1) is 12.8. The Morgan fingerprint density at radius 3 is 2.44 bits per heavy atom. The Balaban J connectivity index is 1.82. The normalized spacial score (nSPS) is 15.1. The van der Waals surface area contributed by atoms with E-state index in [1.807, 2.05) is 0 Å². The van der Waals surface area contributed by atoms with Crippen molar-refractivity contribution < 1.29 is 27.9 Å². The topological polar surface area (TPSA) is 66.4 Å². The van der Waals surface area contributed by atoms with E-state index in [0.29, 0.717) is 11.6 Å². The first kappa shape index (κ1) is 18.9. The summed E-state index contributed by atoms with van der Waals surface area (Å²) in [4.78, 5) is 23.7. The molecule has 27 heavy (non-hydrogen) atoms. The van der Waals surface area contributed by atoms with E-state index in [2.05, 4.69) is 5.32 Å². The van der Waals surface area contributed by atoms with Crippen LogP contribution in [0, 0.1) is 23.4 Å². The van der Waals surface area contributed by atoms with Gasteiger partial charge >= 0.3 is 5.97 Å². The van der Waals surface area contributed by atoms with E-state index in [0.717, 1.165) is 25.3 Å². The van der Waals surface area contributed by atoms with Gasteiger partial charge in [-0.3, -0.25) is 4.79 Å². The molecule has 1 fully saturated rings. The van der Waals surface area contributed by atoms with Gasteiger partial charge in [-0.15, -0.1) is 0 Å². The fourth-order valence-electron chi connectivity index (χ4n) is 3.35. The van der Waals surface area contributed by atoms with Crippen LogP contribution in [-0.2, 0) is 11.2 Å². The molecular formula is C20H18F3NO3. The van der Waals surface area contributed by atoms with Gasteiger partial charge in [-0.2, -0.15) is 0 Å². The highest BCUT2D eigenvalue weighted by Crippen LogP contribution is 2.38. The molecule has 1 aliphatic carbocycles. The van der Waals surface area contributed by atoms with Crippen LogP contribution in [0.15, 0.2) is 36.4 Å². The molecule has 0 heterocycles. The number of carboxylic acids is 1. The fraction of sp³-hybridized carbons (Fsp3) is 0.300. The third-order valence-corrected chi connectivity index (χ3v) is 4.85. The van der Waals surface area contributed by atoms with Gasteiger partial charge in [0.15, 0.2) is 0 Å². The molecule has 0 saturated heterocycles. The number of rotatable bonds is 6. The second-order valence-corrected chi connectivity index (χ2v) is 6.69. The van der Waals surface area contributed by atoms with Gasteiger partial charge < -0.3 is 10.4 Å². The van der Waals surface area contributed by atoms with Gasteiger partial charge in [-0.05, 0) is 48.1 Å². The summed E-state index contributed by atoms with van der Waals surface area (Å²) in [6, 6.07) is 6.77. The summed E-state index contributed by atoms with van der Waals surface area (Å²) in [5, 5.41) is 11.9. The molecule has 2 aromatic carbocycles. The Hall–Kier alpha value is -2.83. The standard InChI is InChI=1S/C20H18F3NO3/c21-14-6-2-5-12(7-14)19(11-3-1-4-11)24-17(25)9-13-8-15(22)10-16(23)18(13)20(26)27/h2,5-8,10-11,19H,1,3-4,9H2,(H,24,25)(H,26,27). The average molecular weight is 377 g/mol. The minimum atomic E-state index is -1.57. The number of halogens is 3. The SMILES string of the molecule is O=C(Cc1cc(F)cc(F)c1C(=O)O)NC(c1cccc(F)c1)C1CCC1. The van der Waals surface area contributed by atoms with Crippen LogP contribution < -0.4 is 5.32 Å².